The first-order valence-corrected chi connectivity index (χ1v) is 7.88. The normalized spacial score (nSPS) is 11.3. The molecule has 0 saturated heterocycles. The Labute approximate surface area is 121 Å². The van der Waals surface area contributed by atoms with E-state index in [0.29, 0.717) is 10.3 Å². The third kappa shape index (κ3) is 3.13. The van der Waals surface area contributed by atoms with Crippen LogP contribution >= 0.6 is 15.9 Å². The van der Waals surface area contributed by atoms with Crippen molar-refractivity contribution < 1.29 is 8.42 Å². The van der Waals surface area contributed by atoms with Crippen molar-refractivity contribution in [1.82, 2.24) is 4.98 Å². The van der Waals surface area contributed by atoms with E-state index < -0.39 is 10.0 Å². The Balaban J connectivity index is 2.38. The van der Waals surface area contributed by atoms with Crippen molar-refractivity contribution in [1.29, 1.82) is 0 Å². The number of hydrogen-bond acceptors (Lipinski definition) is 3. The van der Waals surface area contributed by atoms with Crippen LogP contribution in [0.3, 0.4) is 0 Å². The first-order valence-electron chi connectivity index (χ1n) is 5.61. The van der Waals surface area contributed by atoms with E-state index in [-0.39, 0.29) is 4.90 Å². The zero-order valence-corrected chi connectivity index (χ0v) is 12.9. The number of nitrogens with one attached hydrogen (secondary N) is 1. The van der Waals surface area contributed by atoms with Gasteiger partial charge in [-0.15, -0.1) is 0 Å². The van der Waals surface area contributed by atoms with Gasteiger partial charge < -0.3 is 0 Å². The second kappa shape index (κ2) is 5.30. The summed E-state index contributed by atoms with van der Waals surface area (Å²) in [5.74, 6) is 0. The summed E-state index contributed by atoms with van der Waals surface area (Å²) >= 11 is 3.21. The average molecular weight is 341 g/mol. The van der Waals surface area contributed by atoms with Crippen LogP contribution in [0.2, 0.25) is 0 Å². The molecular weight excluding hydrogens is 328 g/mol. The fraction of sp³-hybridized carbons (Fsp3) is 0.154. The highest BCUT2D eigenvalue weighted by atomic mass is 79.9. The molecule has 0 aliphatic heterocycles. The maximum Gasteiger partial charge on any atom is 0.261 e. The summed E-state index contributed by atoms with van der Waals surface area (Å²) in [5, 5.41) is 0. The number of sulfonamides is 1. The maximum absolute atomic E-state index is 12.3. The number of rotatable bonds is 3. The second-order valence-corrected chi connectivity index (χ2v) is 6.63. The Hall–Kier alpha value is -1.40. The maximum atomic E-state index is 12.3. The average Bonchev–Trinajstić information content (AvgIpc) is 2.35. The van der Waals surface area contributed by atoms with Crippen molar-refractivity contribution in [2.24, 2.45) is 0 Å². The lowest BCUT2D eigenvalue weighted by molar-refractivity contribution is 0.601. The van der Waals surface area contributed by atoms with Gasteiger partial charge in [0.2, 0.25) is 0 Å². The molecule has 1 N–H and O–H groups in total. The van der Waals surface area contributed by atoms with Crippen molar-refractivity contribution in [3.63, 3.8) is 0 Å². The third-order valence-electron chi connectivity index (χ3n) is 2.79. The van der Waals surface area contributed by atoms with Gasteiger partial charge in [0.1, 0.15) is 4.60 Å². The molecule has 0 radical (unpaired) electrons. The van der Waals surface area contributed by atoms with E-state index in [1.54, 1.807) is 36.5 Å². The smallest absolute Gasteiger partial charge is 0.261 e. The Kier molecular flexibility index (Phi) is 3.91. The highest BCUT2D eigenvalue weighted by Gasteiger charge is 2.16. The number of nitrogens with zero attached hydrogens (tertiary/aromatic N) is 1. The summed E-state index contributed by atoms with van der Waals surface area (Å²) < 4.78 is 27.5. The van der Waals surface area contributed by atoms with E-state index in [1.165, 1.54) is 0 Å². The van der Waals surface area contributed by atoms with E-state index in [2.05, 4.69) is 25.6 Å². The van der Waals surface area contributed by atoms with Crippen molar-refractivity contribution in [2.45, 2.75) is 18.7 Å². The standard InChI is InChI=1S/C13H13BrN2O2S/c1-9-5-6-11(8-10(9)2)19(17,18)16-12-4-3-7-15-13(12)14/h3-8,16H,1-2H3. The van der Waals surface area contributed by atoms with Gasteiger partial charge in [-0.2, -0.15) is 0 Å². The summed E-state index contributed by atoms with van der Waals surface area (Å²) in [4.78, 5) is 4.22. The van der Waals surface area contributed by atoms with Gasteiger partial charge in [-0.25, -0.2) is 13.4 Å². The van der Waals surface area contributed by atoms with E-state index in [0.717, 1.165) is 11.1 Å². The van der Waals surface area contributed by atoms with Crippen molar-refractivity contribution in [3.8, 4) is 0 Å². The monoisotopic (exact) mass is 340 g/mol. The molecule has 1 heterocycles. The lowest BCUT2D eigenvalue weighted by atomic mass is 10.1. The van der Waals surface area contributed by atoms with Crippen LogP contribution in [0.4, 0.5) is 5.69 Å². The Bertz CT molecular complexity index is 714. The number of pyridine rings is 1. The fourth-order valence-corrected chi connectivity index (χ4v) is 3.18. The minimum absolute atomic E-state index is 0.242. The summed E-state index contributed by atoms with van der Waals surface area (Å²) in [6, 6.07) is 8.36. The van der Waals surface area contributed by atoms with Gasteiger partial charge in [0.25, 0.3) is 10.0 Å². The molecule has 2 aromatic rings. The van der Waals surface area contributed by atoms with Gasteiger partial charge in [0.05, 0.1) is 10.6 Å². The summed E-state index contributed by atoms with van der Waals surface area (Å²) in [6.45, 7) is 3.82. The molecule has 0 aliphatic carbocycles. The van der Waals surface area contributed by atoms with Gasteiger partial charge in [0.15, 0.2) is 0 Å². The van der Waals surface area contributed by atoms with Crippen LogP contribution < -0.4 is 4.72 Å². The molecule has 0 saturated carbocycles. The molecule has 0 bridgehead atoms. The number of aromatic nitrogens is 1. The first-order chi connectivity index (χ1) is 8.90. The molecule has 0 atom stereocenters. The zero-order chi connectivity index (χ0) is 14.0. The van der Waals surface area contributed by atoms with Crippen LogP contribution in [0.25, 0.3) is 0 Å². The van der Waals surface area contributed by atoms with Crippen LogP contribution in [0, 0.1) is 13.8 Å². The molecule has 6 heteroatoms. The van der Waals surface area contributed by atoms with Gasteiger partial charge in [-0.1, -0.05) is 6.07 Å². The Morgan fingerprint density at radius 1 is 1.16 bits per heavy atom. The van der Waals surface area contributed by atoms with Crippen LogP contribution in [0.5, 0.6) is 0 Å². The van der Waals surface area contributed by atoms with Crippen LogP contribution in [-0.4, -0.2) is 13.4 Å². The minimum Gasteiger partial charge on any atom is -0.277 e. The number of halogens is 1. The molecule has 1 aromatic heterocycles. The van der Waals surface area contributed by atoms with E-state index >= 15 is 0 Å². The summed E-state index contributed by atoms with van der Waals surface area (Å²) in [6.07, 6.45) is 1.58. The van der Waals surface area contributed by atoms with Crippen molar-refractivity contribution >= 4 is 31.6 Å². The Morgan fingerprint density at radius 3 is 2.53 bits per heavy atom. The predicted molar refractivity (Wildman–Crippen MR) is 78.7 cm³/mol. The highest BCUT2D eigenvalue weighted by molar-refractivity contribution is 9.10. The zero-order valence-electron chi connectivity index (χ0n) is 10.5. The molecule has 0 spiro atoms. The lowest BCUT2D eigenvalue weighted by Crippen LogP contribution is -2.13. The molecule has 0 fully saturated rings. The van der Waals surface area contributed by atoms with Crippen LogP contribution in [-0.2, 0) is 10.0 Å². The number of benzene rings is 1. The number of hydrogen-bond donors (Lipinski definition) is 1. The van der Waals surface area contributed by atoms with Crippen molar-refractivity contribution in [3.05, 3.63) is 52.3 Å². The quantitative estimate of drug-likeness (QED) is 0.872. The molecule has 0 unspecified atom stereocenters. The molecule has 0 amide bonds. The van der Waals surface area contributed by atoms with Crippen LogP contribution in [0.1, 0.15) is 11.1 Å². The molecule has 0 aliphatic rings. The number of anilines is 1. The van der Waals surface area contributed by atoms with Gasteiger partial charge in [0, 0.05) is 6.20 Å². The molecular formula is C13H13BrN2O2S. The topological polar surface area (TPSA) is 59.1 Å². The molecule has 1 aromatic carbocycles. The molecule has 19 heavy (non-hydrogen) atoms. The van der Waals surface area contributed by atoms with Crippen LogP contribution in [0.15, 0.2) is 46.0 Å². The highest BCUT2D eigenvalue weighted by Crippen LogP contribution is 2.23. The Morgan fingerprint density at radius 2 is 1.89 bits per heavy atom. The molecule has 100 valence electrons. The summed E-state index contributed by atoms with van der Waals surface area (Å²) in [7, 11) is -3.60. The van der Waals surface area contributed by atoms with E-state index in [9.17, 15) is 8.42 Å². The lowest BCUT2D eigenvalue weighted by Gasteiger charge is -2.10. The second-order valence-electron chi connectivity index (χ2n) is 4.19. The van der Waals surface area contributed by atoms with Gasteiger partial charge >= 0.3 is 0 Å². The van der Waals surface area contributed by atoms with Crippen molar-refractivity contribution in [2.75, 3.05) is 4.72 Å². The molecule has 4 nitrogen and oxygen atoms in total. The van der Waals surface area contributed by atoms with E-state index in [4.69, 9.17) is 0 Å². The first kappa shape index (κ1) is 14.0. The minimum atomic E-state index is -3.60. The third-order valence-corrected chi connectivity index (χ3v) is 4.79. The largest absolute Gasteiger partial charge is 0.277 e. The molecule has 2 rings (SSSR count). The van der Waals surface area contributed by atoms with Gasteiger partial charge in [-0.05, 0) is 65.2 Å². The predicted octanol–water partition coefficient (Wildman–Crippen LogP) is 3.26. The SMILES string of the molecule is Cc1ccc(S(=O)(=O)Nc2cccnc2Br)cc1C. The fourth-order valence-electron chi connectivity index (χ4n) is 1.55. The summed E-state index contributed by atoms with van der Waals surface area (Å²) in [5.41, 5.74) is 2.41. The number of aryl methyl sites for hydroxylation is 2. The van der Waals surface area contributed by atoms with E-state index in [1.807, 2.05) is 13.8 Å². The van der Waals surface area contributed by atoms with Gasteiger partial charge in [-0.3, -0.25) is 4.72 Å².